The Hall–Kier alpha value is -5.62. The Morgan fingerprint density at radius 3 is 2.63 bits per heavy atom. The van der Waals surface area contributed by atoms with Crippen molar-refractivity contribution in [3.8, 4) is 28.1 Å². The second-order valence-electron chi connectivity index (χ2n) is 13.8. The van der Waals surface area contributed by atoms with Crippen molar-refractivity contribution in [2.24, 2.45) is 5.92 Å². The van der Waals surface area contributed by atoms with Crippen molar-refractivity contribution in [1.82, 2.24) is 39.7 Å². The van der Waals surface area contributed by atoms with Crippen LogP contribution in [0, 0.1) is 5.92 Å². The molecule has 0 bridgehead atoms. The van der Waals surface area contributed by atoms with Crippen LogP contribution in [0.5, 0.6) is 5.75 Å². The van der Waals surface area contributed by atoms with Crippen molar-refractivity contribution >= 4 is 39.6 Å². The number of aromatic hydroxyl groups is 1. The predicted molar refractivity (Wildman–Crippen MR) is 196 cm³/mol. The fourth-order valence-electron chi connectivity index (χ4n) is 7.70. The average Bonchev–Trinajstić information content (AvgIpc) is 3.74. The predicted octanol–water partition coefficient (Wildman–Crippen LogP) is 5.51. The Kier molecular flexibility index (Phi) is 8.91. The van der Waals surface area contributed by atoms with Crippen molar-refractivity contribution in [3.63, 3.8) is 0 Å². The van der Waals surface area contributed by atoms with Gasteiger partial charge in [-0.15, -0.1) is 10.2 Å². The molecule has 4 aromatic heterocycles. The van der Waals surface area contributed by atoms with E-state index in [9.17, 15) is 14.7 Å². The molecule has 6 heterocycles. The van der Waals surface area contributed by atoms with Crippen molar-refractivity contribution in [1.29, 1.82) is 0 Å². The zero-order valence-corrected chi connectivity index (χ0v) is 28.4. The van der Waals surface area contributed by atoms with Crippen LogP contribution >= 0.6 is 0 Å². The molecule has 2 fully saturated rings. The molecule has 2 aromatic carbocycles. The number of carbonyl (C=O) groups is 2. The van der Waals surface area contributed by atoms with E-state index in [0.29, 0.717) is 35.8 Å². The Morgan fingerprint density at radius 2 is 1.78 bits per heavy atom. The number of pyridine rings is 1. The number of carbonyl (C=O) groups excluding carboxylic acids is 2. The van der Waals surface area contributed by atoms with Gasteiger partial charge in [-0.1, -0.05) is 18.2 Å². The van der Waals surface area contributed by atoms with E-state index in [4.69, 9.17) is 5.73 Å². The maximum Gasteiger partial charge on any atom is 0.249 e. The summed E-state index contributed by atoms with van der Waals surface area (Å²) in [5, 5.41) is 27.9. The van der Waals surface area contributed by atoms with Crippen LogP contribution < -0.4 is 11.1 Å². The fraction of sp³-hybridized carbons (Fsp3) is 0.333. The number of likely N-dealkylation sites (tertiary alicyclic amines) is 1. The van der Waals surface area contributed by atoms with Crippen LogP contribution in [0.15, 0.2) is 79.3 Å². The fourth-order valence-corrected chi connectivity index (χ4v) is 7.70. The largest absolute Gasteiger partial charge is 0.507 e. The van der Waals surface area contributed by atoms with E-state index >= 15 is 0 Å². The van der Waals surface area contributed by atoms with Crippen molar-refractivity contribution in [2.75, 3.05) is 25.4 Å². The second kappa shape index (κ2) is 13.9. The van der Waals surface area contributed by atoms with Crippen LogP contribution in [0.2, 0.25) is 0 Å². The van der Waals surface area contributed by atoms with Gasteiger partial charge in [0, 0.05) is 52.8 Å². The van der Waals surface area contributed by atoms with Crippen LogP contribution in [-0.4, -0.2) is 71.0 Å². The van der Waals surface area contributed by atoms with Crippen LogP contribution in [-0.2, 0) is 22.6 Å². The van der Waals surface area contributed by atoms with E-state index in [1.54, 1.807) is 18.3 Å². The molecular weight excluding hydrogens is 642 g/mol. The van der Waals surface area contributed by atoms with Crippen LogP contribution in [0.3, 0.4) is 0 Å². The molecule has 6 aromatic rings. The van der Waals surface area contributed by atoms with E-state index in [1.807, 2.05) is 45.9 Å². The first-order valence-electron chi connectivity index (χ1n) is 17.8. The Morgan fingerprint density at radius 1 is 0.922 bits per heavy atom. The highest BCUT2D eigenvalue weighted by Crippen LogP contribution is 2.35. The van der Waals surface area contributed by atoms with Gasteiger partial charge in [-0.2, -0.15) is 5.10 Å². The number of nitrogen functional groups attached to an aromatic ring is 1. The number of imide groups is 1. The van der Waals surface area contributed by atoms with E-state index in [2.05, 4.69) is 54.8 Å². The number of hydrogen-bond acceptors (Lipinski definition) is 9. The number of para-hydroxylation sites is 1. The summed E-state index contributed by atoms with van der Waals surface area (Å²) in [5.41, 5.74) is 12.1. The second-order valence-corrected chi connectivity index (χ2v) is 13.8. The summed E-state index contributed by atoms with van der Waals surface area (Å²) in [6, 6.07) is 19.0. The van der Waals surface area contributed by atoms with Crippen LogP contribution in [0.4, 0.5) is 5.82 Å². The summed E-state index contributed by atoms with van der Waals surface area (Å²) in [6.07, 6.45) is 11.9. The molecule has 0 radical (unpaired) electrons. The maximum atomic E-state index is 12.8. The molecule has 12 heteroatoms. The monoisotopic (exact) mass is 683 g/mol. The lowest BCUT2D eigenvalue weighted by atomic mass is 9.96. The summed E-state index contributed by atoms with van der Waals surface area (Å²) in [7, 11) is 0. The Balaban J connectivity index is 0.836. The number of hydrogen-bond donors (Lipinski definition) is 3. The van der Waals surface area contributed by atoms with Gasteiger partial charge in [0.05, 0.1) is 17.4 Å². The normalized spacial score (nSPS) is 17.4. The lowest BCUT2D eigenvalue weighted by molar-refractivity contribution is -0.135. The number of anilines is 1. The van der Waals surface area contributed by atoms with Crippen molar-refractivity contribution in [2.45, 2.75) is 57.5 Å². The molecule has 2 aliphatic rings. The Labute approximate surface area is 295 Å². The number of benzene rings is 2. The molecule has 0 spiro atoms. The molecule has 0 aliphatic carbocycles. The number of unbranched alkanes of at least 4 members (excludes halogenated alkanes) is 1. The Bertz CT molecular complexity index is 2230. The minimum absolute atomic E-state index is 0.148. The van der Waals surface area contributed by atoms with Gasteiger partial charge in [0.15, 0.2) is 5.82 Å². The number of nitrogens with zero attached hydrogens (tertiary/aromatic N) is 7. The molecule has 51 heavy (non-hydrogen) atoms. The smallest absolute Gasteiger partial charge is 0.249 e. The quantitative estimate of drug-likeness (QED) is 0.125. The van der Waals surface area contributed by atoms with E-state index in [-0.39, 0.29) is 17.6 Å². The zero-order valence-electron chi connectivity index (χ0n) is 28.4. The van der Waals surface area contributed by atoms with Gasteiger partial charge < -0.3 is 20.3 Å². The first-order valence-corrected chi connectivity index (χ1v) is 17.8. The molecule has 12 nitrogen and oxygen atoms in total. The van der Waals surface area contributed by atoms with E-state index in [1.165, 1.54) is 5.56 Å². The van der Waals surface area contributed by atoms with E-state index < -0.39 is 6.04 Å². The summed E-state index contributed by atoms with van der Waals surface area (Å²) in [6.45, 7) is 4.12. The highest BCUT2D eigenvalue weighted by Gasteiger charge is 2.31. The number of phenolic OH excluding ortho intramolecular Hbond substituents is 1. The number of nitrogens with one attached hydrogen (secondary N) is 1. The molecule has 1 unspecified atom stereocenters. The number of aryl methyl sites for hydroxylation is 1. The first kappa shape index (κ1) is 32.6. The van der Waals surface area contributed by atoms with Gasteiger partial charge in [0.1, 0.15) is 17.4 Å². The van der Waals surface area contributed by atoms with Gasteiger partial charge >= 0.3 is 0 Å². The number of fused-ring (bicyclic) bond motifs is 3. The van der Waals surface area contributed by atoms with Gasteiger partial charge in [-0.05, 0) is 112 Å². The standard InChI is InChI=1S/C39H41N9O3/c40-37-30(21-32(44-45-37)29-7-1-2-9-35(29)49)27-22-42-47(24-27)23-26-14-18-46(19-15-26)17-4-3-6-25-10-11-33-31(20-25)28-8-5-16-41-38(28)48(33)34-12-13-36(50)43-39(34)51/h1-2,5,7-11,16,20-22,24,26,34,49H,3-4,6,12-15,17-19,23H2,(H2,40,45)(H,43,50,51). The SMILES string of the molecule is Nc1nnc(-c2ccccc2O)cc1-c1cnn(CC2CCN(CCCCc3ccc4c(c3)c3cccnc3n4C3CCC(=O)NC3=O)CC2)c1. The molecule has 2 saturated heterocycles. The topological polar surface area (TPSA) is 157 Å². The van der Waals surface area contributed by atoms with E-state index in [0.717, 1.165) is 91.3 Å². The summed E-state index contributed by atoms with van der Waals surface area (Å²) >= 11 is 0. The van der Waals surface area contributed by atoms with Crippen LogP contribution in [0.25, 0.3) is 44.3 Å². The molecular formula is C39H41N9O3. The average molecular weight is 684 g/mol. The number of piperidine rings is 2. The molecule has 0 saturated carbocycles. The van der Waals surface area contributed by atoms with Crippen LogP contribution in [0.1, 0.15) is 50.1 Å². The first-order chi connectivity index (χ1) is 24.9. The van der Waals surface area contributed by atoms with Gasteiger partial charge in [-0.25, -0.2) is 4.98 Å². The number of aromatic nitrogens is 6. The maximum absolute atomic E-state index is 12.8. The molecule has 260 valence electrons. The molecule has 2 aliphatic heterocycles. The van der Waals surface area contributed by atoms with Crippen molar-refractivity contribution < 1.29 is 14.7 Å². The molecule has 8 rings (SSSR count). The minimum Gasteiger partial charge on any atom is -0.507 e. The highest BCUT2D eigenvalue weighted by atomic mass is 16.3. The molecule has 2 amide bonds. The number of amides is 2. The third kappa shape index (κ3) is 6.66. The number of phenols is 1. The summed E-state index contributed by atoms with van der Waals surface area (Å²) in [5.74, 6) is 0.562. The molecule has 1 atom stereocenters. The van der Waals surface area contributed by atoms with Gasteiger partial charge in [0.2, 0.25) is 11.8 Å². The molecule has 4 N–H and O–H groups in total. The highest BCUT2D eigenvalue weighted by molar-refractivity contribution is 6.09. The number of rotatable bonds is 10. The lowest BCUT2D eigenvalue weighted by Crippen LogP contribution is -2.41. The van der Waals surface area contributed by atoms with Crippen molar-refractivity contribution in [3.05, 3.63) is 84.8 Å². The number of nitrogens with two attached hydrogens (primary N) is 1. The van der Waals surface area contributed by atoms with Gasteiger partial charge in [0.25, 0.3) is 0 Å². The zero-order chi connectivity index (χ0) is 34.9. The minimum atomic E-state index is -0.445. The van der Waals surface area contributed by atoms with Gasteiger partial charge in [-0.3, -0.25) is 19.6 Å². The third-order valence-corrected chi connectivity index (χ3v) is 10.4. The third-order valence-electron chi connectivity index (χ3n) is 10.4. The summed E-state index contributed by atoms with van der Waals surface area (Å²) < 4.78 is 4.01. The lowest BCUT2D eigenvalue weighted by Gasteiger charge is -2.31. The summed E-state index contributed by atoms with van der Waals surface area (Å²) in [4.78, 5) is 31.8.